The second kappa shape index (κ2) is 20.4. The van der Waals surface area contributed by atoms with Crippen LogP contribution in [0, 0.1) is 5.92 Å². The van der Waals surface area contributed by atoms with E-state index in [1.54, 1.807) is 24.2 Å². The van der Waals surface area contributed by atoms with Gasteiger partial charge in [-0.1, -0.05) is 43.2 Å². The molecule has 72 heavy (non-hydrogen) atoms. The number of phenols is 2. The molecule has 10 rings (SSSR count). The Balaban J connectivity index is 0.688. The molecule has 3 fully saturated rings. The van der Waals surface area contributed by atoms with Crippen LogP contribution < -0.4 is 24.8 Å². The Hall–Kier alpha value is -7.44. The Morgan fingerprint density at radius 1 is 0.778 bits per heavy atom. The predicted molar refractivity (Wildman–Crippen MR) is 277 cm³/mol. The highest BCUT2D eigenvalue weighted by Gasteiger charge is 2.34. The number of hydrogen-bond donors (Lipinski definition) is 4. The highest BCUT2D eigenvalue weighted by molar-refractivity contribution is 6.13. The van der Waals surface area contributed by atoms with Crippen molar-refractivity contribution in [3.63, 3.8) is 0 Å². The van der Waals surface area contributed by atoms with E-state index in [4.69, 9.17) is 9.72 Å². The molecule has 4 aromatic carbocycles. The SMILES string of the molecule is CCOc1cc(N2CCC(C(=O)N3CCC(N4CCN(Cc5ccc(-n6c(O)nnc6-c6cc(C(C)C)c(O)cc6O)cc5)CC4)CC3)CC2)ccc1Nc1ncc2c(n1)N(C)c1ccccc1C(=O)N2C. The topological polar surface area (TPSA) is 192 Å². The lowest BCUT2D eigenvalue weighted by Gasteiger charge is -2.43. The van der Waals surface area contributed by atoms with Crippen LogP contribution in [0.25, 0.3) is 17.1 Å². The molecule has 4 aliphatic rings. The van der Waals surface area contributed by atoms with Crippen molar-refractivity contribution in [1.82, 2.24) is 39.4 Å². The molecular weight excluding hydrogens is 913 g/mol. The molecule has 0 atom stereocenters. The molecule has 18 nitrogen and oxygen atoms in total. The molecule has 2 amide bonds. The normalized spacial score (nSPS) is 17.3. The van der Waals surface area contributed by atoms with Crippen LogP contribution in [-0.2, 0) is 11.3 Å². The number of carbonyl (C=O) groups is 2. The summed E-state index contributed by atoms with van der Waals surface area (Å²) < 4.78 is 7.64. The first-order valence-electron chi connectivity index (χ1n) is 25.2. The van der Waals surface area contributed by atoms with Gasteiger partial charge in [0.25, 0.3) is 5.91 Å². The molecular formula is C54H64N12O6. The highest BCUT2D eigenvalue weighted by atomic mass is 16.5. The summed E-state index contributed by atoms with van der Waals surface area (Å²) in [4.78, 5) is 49.7. The summed E-state index contributed by atoms with van der Waals surface area (Å²) in [6.45, 7) is 14.2. The number of aromatic hydroxyl groups is 3. The number of benzene rings is 4. The van der Waals surface area contributed by atoms with E-state index in [1.807, 2.05) is 87.3 Å². The number of aromatic nitrogens is 5. The van der Waals surface area contributed by atoms with Gasteiger partial charge in [-0.2, -0.15) is 4.98 Å². The summed E-state index contributed by atoms with van der Waals surface area (Å²) in [6, 6.07) is 24.7. The summed E-state index contributed by atoms with van der Waals surface area (Å²) in [6.07, 6.45) is 5.26. The summed E-state index contributed by atoms with van der Waals surface area (Å²) in [7, 11) is 3.64. The lowest BCUT2D eigenvalue weighted by Crippen LogP contribution is -2.54. The Labute approximate surface area is 420 Å². The van der Waals surface area contributed by atoms with Crippen LogP contribution in [0.5, 0.6) is 23.3 Å². The minimum Gasteiger partial charge on any atom is -0.508 e. The molecule has 4 N–H and O–H groups in total. The fourth-order valence-corrected chi connectivity index (χ4v) is 10.8. The minimum absolute atomic E-state index is 0.00651. The van der Waals surface area contributed by atoms with Gasteiger partial charge in [-0.3, -0.25) is 19.4 Å². The van der Waals surface area contributed by atoms with Crippen molar-refractivity contribution >= 4 is 46.3 Å². The third-order valence-electron chi connectivity index (χ3n) is 14.9. The zero-order valence-electron chi connectivity index (χ0n) is 41.7. The third kappa shape index (κ3) is 9.55. The number of hydrogen-bond acceptors (Lipinski definition) is 15. The van der Waals surface area contributed by atoms with E-state index in [1.165, 1.54) is 10.6 Å². The summed E-state index contributed by atoms with van der Waals surface area (Å²) in [5.74, 6) is 2.02. The van der Waals surface area contributed by atoms with Gasteiger partial charge in [-0.05, 0) is 92.1 Å². The largest absolute Gasteiger partial charge is 0.508 e. The van der Waals surface area contributed by atoms with Crippen LogP contribution in [0.3, 0.4) is 0 Å². The van der Waals surface area contributed by atoms with Gasteiger partial charge in [-0.25, -0.2) is 9.55 Å². The molecule has 376 valence electrons. The maximum atomic E-state index is 13.9. The van der Waals surface area contributed by atoms with E-state index in [-0.39, 0.29) is 41.1 Å². The highest BCUT2D eigenvalue weighted by Crippen LogP contribution is 2.41. The molecule has 3 saturated heterocycles. The predicted octanol–water partition coefficient (Wildman–Crippen LogP) is 7.49. The minimum atomic E-state index is -0.292. The average Bonchev–Trinajstić information content (AvgIpc) is 3.76. The Morgan fingerprint density at radius 3 is 2.22 bits per heavy atom. The number of piperazine rings is 1. The van der Waals surface area contributed by atoms with Crippen molar-refractivity contribution in [3.8, 4) is 40.3 Å². The van der Waals surface area contributed by atoms with Gasteiger partial charge in [0.15, 0.2) is 11.6 Å². The first-order chi connectivity index (χ1) is 34.8. The van der Waals surface area contributed by atoms with E-state index in [9.17, 15) is 24.9 Å². The smallest absolute Gasteiger partial charge is 0.319 e. The van der Waals surface area contributed by atoms with E-state index in [0.717, 1.165) is 107 Å². The van der Waals surface area contributed by atoms with Crippen molar-refractivity contribution in [1.29, 1.82) is 0 Å². The fraction of sp³-hybridized carbons (Fsp3) is 0.407. The zero-order valence-corrected chi connectivity index (χ0v) is 41.7. The monoisotopic (exact) mass is 977 g/mol. The number of ether oxygens (including phenoxy) is 1. The Kier molecular flexibility index (Phi) is 13.6. The van der Waals surface area contributed by atoms with Gasteiger partial charge < -0.3 is 45.0 Å². The second-order valence-electron chi connectivity index (χ2n) is 19.6. The molecule has 18 heteroatoms. The van der Waals surface area contributed by atoms with Crippen LogP contribution >= 0.6 is 0 Å². The number of rotatable bonds is 12. The van der Waals surface area contributed by atoms with Crippen molar-refractivity contribution in [3.05, 3.63) is 102 Å². The van der Waals surface area contributed by atoms with E-state index < -0.39 is 0 Å². The Bertz CT molecular complexity index is 2940. The first kappa shape index (κ1) is 48.2. The van der Waals surface area contributed by atoms with Crippen molar-refractivity contribution in [2.24, 2.45) is 5.92 Å². The third-order valence-corrected chi connectivity index (χ3v) is 14.9. The van der Waals surface area contributed by atoms with Gasteiger partial charge in [0.1, 0.15) is 22.9 Å². The molecule has 0 bridgehead atoms. The number of anilines is 6. The Morgan fingerprint density at radius 2 is 1.50 bits per heavy atom. The van der Waals surface area contributed by atoms with Crippen molar-refractivity contribution in [2.75, 3.05) is 93.1 Å². The molecule has 4 aliphatic heterocycles. The lowest BCUT2D eigenvalue weighted by molar-refractivity contribution is -0.137. The summed E-state index contributed by atoms with van der Waals surface area (Å²) >= 11 is 0. The molecule has 0 radical (unpaired) electrons. The number of fused-ring (bicyclic) bond motifs is 2. The van der Waals surface area contributed by atoms with Gasteiger partial charge in [-0.15, -0.1) is 5.10 Å². The molecule has 6 heterocycles. The van der Waals surface area contributed by atoms with Crippen LogP contribution in [0.2, 0.25) is 0 Å². The molecule has 6 aromatic rings. The van der Waals surface area contributed by atoms with E-state index >= 15 is 0 Å². The lowest BCUT2D eigenvalue weighted by atomic mass is 9.93. The molecule has 0 aliphatic carbocycles. The summed E-state index contributed by atoms with van der Waals surface area (Å²) in [5.41, 5.74) is 6.61. The standard InChI is InChI=1S/C54H64N12O6/c1-6-72-48-29-39(15-16-43(48)56-53-55-32-45-50(57-53)60(4)44-10-8-7-9-40(44)52(70)61(45)5)63-21-17-36(18-22-63)51(69)65-23-19-37(20-24-65)64-27-25-62(26-28-64)33-35-11-13-38(14-12-35)66-49(58-59-54(66)71)42-30-41(34(2)3)46(67)31-47(42)68/h7-16,29-32,34,36-37,67-68H,6,17-28,33H2,1-5H3,(H,59,71)(H,55,56,57). The molecule has 0 spiro atoms. The van der Waals surface area contributed by atoms with Gasteiger partial charge >= 0.3 is 6.01 Å². The van der Waals surface area contributed by atoms with Gasteiger partial charge in [0, 0.05) is 103 Å². The number of piperidine rings is 2. The van der Waals surface area contributed by atoms with Gasteiger partial charge in [0.05, 0.1) is 41.0 Å². The van der Waals surface area contributed by atoms with Crippen molar-refractivity contribution in [2.45, 2.75) is 65.0 Å². The van der Waals surface area contributed by atoms with Crippen LogP contribution in [0.15, 0.2) is 85.1 Å². The molecule has 0 saturated carbocycles. The number of carbonyl (C=O) groups excluding carboxylic acids is 2. The molecule has 2 aromatic heterocycles. The van der Waals surface area contributed by atoms with E-state index in [0.29, 0.717) is 64.1 Å². The van der Waals surface area contributed by atoms with Crippen LogP contribution in [-0.4, -0.2) is 146 Å². The number of amides is 2. The number of para-hydroxylation sites is 1. The molecule has 0 unspecified atom stereocenters. The van der Waals surface area contributed by atoms with Crippen LogP contribution in [0.1, 0.15) is 73.9 Å². The second-order valence-corrected chi connectivity index (χ2v) is 19.6. The zero-order chi connectivity index (χ0) is 50.2. The van der Waals surface area contributed by atoms with E-state index in [2.05, 4.69) is 52.2 Å². The summed E-state index contributed by atoms with van der Waals surface area (Å²) in [5, 5.41) is 43.2. The number of likely N-dealkylation sites (tertiary alicyclic amines) is 1. The number of phenolic OH excluding ortho intramolecular Hbond substituents is 2. The first-order valence-corrected chi connectivity index (χ1v) is 25.2. The number of nitrogens with one attached hydrogen (secondary N) is 1. The average molecular weight is 977 g/mol. The van der Waals surface area contributed by atoms with Gasteiger partial charge in [0.2, 0.25) is 11.9 Å². The van der Waals surface area contributed by atoms with Crippen molar-refractivity contribution < 1.29 is 29.6 Å². The number of nitrogens with zero attached hydrogens (tertiary/aromatic N) is 11. The maximum Gasteiger partial charge on any atom is 0.319 e. The fourth-order valence-electron chi connectivity index (χ4n) is 10.8. The van der Waals surface area contributed by atoms with Crippen LogP contribution in [0.4, 0.5) is 34.5 Å². The quantitative estimate of drug-likeness (QED) is 0.0943. The maximum absolute atomic E-state index is 13.9.